The van der Waals surface area contributed by atoms with Crippen LogP contribution >= 0.6 is 22.6 Å². The average Bonchev–Trinajstić information content (AvgIpc) is 2.77. The number of amides is 1. The lowest BCUT2D eigenvalue weighted by molar-refractivity contribution is 0.0934. The van der Waals surface area contributed by atoms with Gasteiger partial charge in [0.05, 0.1) is 11.7 Å². The van der Waals surface area contributed by atoms with Crippen molar-refractivity contribution in [3.05, 3.63) is 51.6 Å². The van der Waals surface area contributed by atoms with Crippen LogP contribution in [-0.2, 0) is 0 Å². The fourth-order valence-corrected chi connectivity index (χ4v) is 1.95. The predicted octanol–water partition coefficient (Wildman–Crippen LogP) is 2.51. The van der Waals surface area contributed by atoms with Crippen LogP contribution in [0.1, 0.15) is 29.1 Å². The summed E-state index contributed by atoms with van der Waals surface area (Å²) in [7, 11) is 0. The molecule has 2 N–H and O–H groups in total. The Bertz CT molecular complexity index is 509. The highest BCUT2D eigenvalue weighted by Gasteiger charge is 2.13. The van der Waals surface area contributed by atoms with Crippen LogP contribution < -0.4 is 5.32 Å². The zero-order valence-electron chi connectivity index (χ0n) is 9.27. The number of carbonyl (C=O) groups is 1. The van der Waals surface area contributed by atoms with Crippen molar-refractivity contribution in [1.29, 1.82) is 0 Å². The molecule has 0 bridgehead atoms. The van der Waals surface area contributed by atoms with Gasteiger partial charge in [0.2, 0.25) is 0 Å². The maximum atomic E-state index is 11.9. The summed E-state index contributed by atoms with van der Waals surface area (Å²) in [4.78, 5) is 19.0. The number of H-pyrrole nitrogens is 1. The molecular weight excluding hydrogens is 329 g/mol. The van der Waals surface area contributed by atoms with E-state index < -0.39 is 0 Å². The quantitative estimate of drug-likeness (QED) is 0.843. The highest BCUT2D eigenvalue weighted by atomic mass is 127. The van der Waals surface area contributed by atoms with Crippen LogP contribution in [0.3, 0.4) is 0 Å². The summed E-state index contributed by atoms with van der Waals surface area (Å²) in [6, 6.07) is 7.35. The second-order valence-electron chi connectivity index (χ2n) is 3.68. The van der Waals surface area contributed by atoms with Gasteiger partial charge in [0, 0.05) is 16.0 Å². The van der Waals surface area contributed by atoms with Gasteiger partial charge < -0.3 is 10.3 Å². The average molecular weight is 341 g/mol. The van der Waals surface area contributed by atoms with Crippen LogP contribution in [0.4, 0.5) is 0 Å². The molecule has 0 saturated carbocycles. The van der Waals surface area contributed by atoms with Gasteiger partial charge in [0.15, 0.2) is 0 Å². The molecule has 0 radical (unpaired) electrons. The summed E-state index contributed by atoms with van der Waals surface area (Å²) >= 11 is 2.16. The zero-order valence-corrected chi connectivity index (χ0v) is 11.4. The Morgan fingerprint density at radius 2 is 2.35 bits per heavy atom. The molecule has 4 nitrogen and oxygen atoms in total. The Hall–Kier alpha value is -1.37. The Morgan fingerprint density at radius 3 is 2.94 bits per heavy atom. The standard InChI is InChI=1S/C12H12IN3O/c1-8(10-4-2-3-5-14-10)16-12(17)11-6-9(13)7-15-11/h2-8,15H,1H3,(H,16,17). The van der Waals surface area contributed by atoms with E-state index in [9.17, 15) is 4.79 Å². The van der Waals surface area contributed by atoms with Gasteiger partial charge in [-0.25, -0.2) is 0 Å². The topological polar surface area (TPSA) is 57.8 Å². The second kappa shape index (κ2) is 5.31. The summed E-state index contributed by atoms with van der Waals surface area (Å²) in [6.45, 7) is 1.91. The van der Waals surface area contributed by atoms with E-state index in [0.717, 1.165) is 9.26 Å². The number of rotatable bonds is 3. The summed E-state index contributed by atoms with van der Waals surface area (Å²) in [5, 5.41) is 2.89. The van der Waals surface area contributed by atoms with E-state index in [1.165, 1.54) is 0 Å². The lowest BCUT2D eigenvalue weighted by atomic mass is 10.2. The lowest BCUT2D eigenvalue weighted by Gasteiger charge is -2.12. The minimum atomic E-state index is -0.119. The first-order chi connectivity index (χ1) is 8.16. The Balaban J connectivity index is 2.04. The Labute approximate surface area is 113 Å². The number of nitrogens with one attached hydrogen (secondary N) is 2. The first-order valence-electron chi connectivity index (χ1n) is 5.22. The number of hydrogen-bond acceptors (Lipinski definition) is 2. The van der Waals surface area contributed by atoms with Gasteiger partial charge in [0.25, 0.3) is 5.91 Å². The second-order valence-corrected chi connectivity index (χ2v) is 4.93. The van der Waals surface area contributed by atoms with E-state index >= 15 is 0 Å². The predicted molar refractivity (Wildman–Crippen MR) is 73.6 cm³/mol. The smallest absolute Gasteiger partial charge is 0.268 e. The molecular formula is C12H12IN3O. The fourth-order valence-electron chi connectivity index (χ4n) is 1.48. The highest BCUT2D eigenvalue weighted by Crippen LogP contribution is 2.10. The SMILES string of the molecule is CC(NC(=O)c1cc(I)c[nH]1)c1ccccn1. The van der Waals surface area contributed by atoms with Crippen molar-refractivity contribution in [1.82, 2.24) is 15.3 Å². The first kappa shape index (κ1) is 12.1. The molecule has 2 rings (SSSR count). The van der Waals surface area contributed by atoms with E-state index in [0.29, 0.717) is 5.69 Å². The summed E-state index contributed by atoms with van der Waals surface area (Å²) in [6.07, 6.45) is 3.51. The van der Waals surface area contributed by atoms with E-state index in [1.807, 2.05) is 25.1 Å². The first-order valence-corrected chi connectivity index (χ1v) is 6.30. The van der Waals surface area contributed by atoms with Crippen LogP contribution in [0.15, 0.2) is 36.7 Å². The van der Waals surface area contributed by atoms with E-state index in [1.54, 1.807) is 18.5 Å². The molecule has 17 heavy (non-hydrogen) atoms. The van der Waals surface area contributed by atoms with E-state index in [4.69, 9.17) is 0 Å². The molecule has 88 valence electrons. The van der Waals surface area contributed by atoms with E-state index in [2.05, 4.69) is 37.9 Å². The van der Waals surface area contributed by atoms with Crippen LogP contribution in [-0.4, -0.2) is 15.9 Å². The number of aromatic nitrogens is 2. The summed E-state index contributed by atoms with van der Waals surface area (Å²) in [5.74, 6) is -0.119. The zero-order chi connectivity index (χ0) is 12.3. The van der Waals surface area contributed by atoms with Gasteiger partial charge in [-0.15, -0.1) is 0 Å². The Kier molecular flexibility index (Phi) is 3.78. The molecule has 2 aromatic heterocycles. The molecule has 0 aliphatic rings. The number of nitrogens with zero attached hydrogens (tertiary/aromatic N) is 1. The van der Waals surface area contributed by atoms with Gasteiger partial charge in [-0.05, 0) is 47.7 Å². The number of halogens is 1. The molecule has 2 heterocycles. The molecule has 2 aromatic rings. The third-order valence-corrected chi connectivity index (χ3v) is 2.99. The molecule has 0 aromatic carbocycles. The molecule has 1 unspecified atom stereocenters. The molecule has 0 aliphatic heterocycles. The maximum Gasteiger partial charge on any atom is 0.268 e. The molecule has 0 fully saturated rings. The highest BCUT2D eigenvalue weighted by molar-refractivity contribution is 14.1. The Morgan fingerprint density at radius 1 is 1.53 bits per heavy atom. The molecule has 5 heteroatoms. The van der Waals surface area contributed by atoms with Gasteiger partial charge in [0.1, 0.15) is 5.69 Å². The van der Waals surface area contributed by atoms with Gasteiger partial charge in [-0.2, -0.15) is 0 Å². The van der Waals surface area contributed by atoms with Crippen molar-refractivity contribution in [2.75, 3.05) is 0 Å². The molecule has 0 aliphatic carbocycles. The van der Waals surface area contributed by atoms with E-state index in [-0.39, 0.29) is 11.9 Å². The number of hydrogen-bond donors (Lipinski definition) is 2. The minimum Gasteiger partial charge on any atom is -0.356 e. The lowest BCUT2D eigenvalue weighted by Crippen LogP contribution is -2.27. The van der Waals surface area contributed by atoms with Crippen molar-refractivity contribution >= 4 is 28.5 Å². The molecule has 0 saturated heterocycles. The van der Waals surface area contributed by atoms with Crippen molar-refractivity contribution in [3.8, 4) is 0 Å². The van der Waals surface area contributed by atoms with Crippen LogP contribution in [0.2, 0.25) is 0 Å². The largest absolute Gasteiger partial charge is 0.356 e. The van der Waals surface area contributed by atoms with Crippen LogP contribution in [0.25, 0.3) is 0 Å². The molecule has 0 spiro atoms. The van der Waals surface area contributed by atoms with Gasteiger partial charge in [-0.1, -0.05) is 6.07 Å². The van der Waals surface area contributed by atoms with Crippen molar-refractivity contribution in [3.63, 3.8) is 0 Å². The van der Waals surface area contributed by atoms with Crippen LogP contribution in [0.5, 0.6) is 0 Å². The van der Waals surface area contributed by atoms with Crippen molar-refractivity contribution in [2.45, 2.75) is 13.0 Å². The normalized spacial score (nSPS) is 12.1. The summed E-state index contributed by atoms with van der Waals surface area (Å²) < 4.78 is 1.01. The molecule has 1 atom stereocenters. The van der Waals surface area contributed by atoms with Crippen LogP contribution in [0, 0.1) is 3.57 Å². The van der Waals surface area contributed by atoms with Gasteiger partial charge in [-0.3, -0.25) is 9.78 Å². The number of carbonyl (C=O) groups excluding carboxylic acids is 1. The van der Waals surface area contributed by atoms with Crippen molar-refractivity contribution < 1.29 is 4.79 Å². The minimum absolute atomic E-state index is 0.107. The fraction of sp³-hybridized carbons (Fsp3) is 0.167. The summed E-state index contributed by atoms with van der Waals surface area (Å²) in [5.41, 5.74) is 1.42. The number of aromatic amines is 1. The third kappa shape index (κ3) is 3.06. The van der Waals surface area contributed by atoms with Gasteiger partial charge >= 0.3 is 0 Å². The third-order valence-electron chi connectivity index (χ3n) is 2.37. The maximum absolute atomic E-state index is 11.9. The monoisotopic (exact) mass is 341 g/mol. The number of pyridine rings is 1. The molecule has 1 amide bonds. The van der Waals surface area contributed by atoms with Crippen molar-refractivity contribution in [2.24, 2.45) is 0 Å².